The molecule has 2 aromatic carbocycles. The third-order valence-corrected chi connectivity index (χ3v) is 3.77. The van der Waals surface area contributed by atoms with Gasteiger partial charge in [0, 0.05) is 0 Å². The average Bonchev–Trinajstić information content (AvgIpc) is 3.31. The van der Waals surface area contributed by atoms with Gasteiger partial charge in [-0.2, -0.15) is 0 Å². The Labute approximate surface area is 118 Å². The standard InChI is InChI=1S/C17H18FNO/c18-15-3-1-2-4-16(15)19-17(11-20)14-9-7-13(8-10-14)12-5-6-12/h1-4,7-10,12,17,19-20H,5-6,11H2. The van der Waals surface area contributed by atoms with Gasteiger partial charge in [0.2, 0.25) is 0 Å². The minimum atomic E-state index is -0.305. The summed E-state index contributed by atoms with van der Waals surface area (Å²) in [6, 6.07) is 14.5. The van der Waals surface area contributed by atoms with Crippen LogP contribution < -0.4 is 5.32 Å². The third kappa shape index (κ3) is 2.83. The number of para-hydroxylation sites is 1. The Morgan fingerprint density at radius 3 is 2.40 bits per heavy atom. The number of rotatable bonds is 5. The van der Waals surface area contributed by atoms with E-state index in [1.54, 1.807) is 18.2 Å². The maximum absolute atomic E-state index is 13.6. The first kappa shape index (κ1) is 13.1. The van der Waals surface area contributed by atoms with E-state index >= 15 is 0 Å². The monoisotopic (exact) mass is 271 g/mol. The lowest BCUT2D eigenvalue weighted by Gasteiger charge is -2.18. The van der Waals surface area contributed by atoms with Gasteiger partial charge < -0.3 is 10.4 Å². The van der Waals surface area contributed by atoms with E-state index in [-0.39, 0.29) is 18.5 Å². The van der Waals surface area contributed by atoms with Crippen LogP contribution in [0, 0.1) is 5.82 Å². The molecule has 1 unspecified atom stereocenters. The molecule has 1 saturated carbocycles. The van der Waals surface area contributed by atoms with Gasteiger partial charge in [-0.3, -0.25) is 0 Å². The van der Waals surface area contributed by atoms with Crippen LogP contribution in [0.4, 0.5) is 10.1 Å². The largest absolute Gasteiger partial charge is 0.394 e. The van der Waals surface area contributed by atoms with Crippen LogP contribution in [0.3, 0.4) is 0 Å². The number of hydrogen-bond acceptors (Lipinski definition) is 2. The predicted molar refractivity (Wildman–Crippen MR) is 78.3 cm³/mol. The first-order chi connectivity index (χ1) is 9.78. The molecule has 1 aliphatic carbocycles. The van der Waals surface area contributed by atoms with Crippen LogP contribution in [0.15, 0.2) is 48.5 Å². The van der Waals surface area contributed by atoms with Gasteiger partial charge in [0.05, 0.1) is 18.3 Å². The lowest BCUT2D eigenvalue weighted by Crippen LogP contribution is -2.15. The molecule has 0 aliphatic heterocycles. The van der Waals surface area contributed by atoms with Gasteiger partial charge in [0.15, 0.2) is 0 Å². The molecule has 20 heavy (non-hydrogen) atoms. The van der Waals surface area contributed by atoms with Crippen molar-refractivity contribution in [3.63, 3.8) is 0 Å². The van der Waals surface area contributed by atoms with E-state index in [1.165, 1.54) is 24.5 Å². The first-order valence-electron chi connectivity index (χ1n) is 6.99. The molecule has 3 heteroatoms. The Morgan fingerprint density at radius 2 is 1.80 bits per heavy atom. The molecule has 0 radical (unpaired) electrons. The van der Waals surface area contributed by atoms with E-state index in [2.05, 4.69) is 17.4 Å². The van der Waals surface area contributed by atoms with E-state index in [0.29, 0.717) is 5.69 Å². The van der Waals surface area contributed by atoms with Crippen LogP contribution in [-0.2, 0) is 0 Å². The lowest BCUT2D eigenvalue weighted by atomic mass is 10.0. The summed E-state index contributed by atoms with van der Waals surface area (Å²) in [7, 11) is 0. The van der Waals surface area contributed by atoms with Crippen LogP contribution in [0.2, 0.25) is 0 Å². The topological polar surface area (TPSA) is 32.3 Å². The number of benzene rings is 2. The molecule has 1 fully saturated rings. The van der Waals surface area contributed by atoms with E-state index in [1.807, 2.05) is 12.1 Å². The summed E-state index contributed by atoms with van der Waals surface area (Å²) in [4.78, 5) is 0. The first-order valence-corrected chi connectivity index (χ1v) is 6.99. The summed E-state index contributed by atoms with van der Waals surface area (Å²) in [5.41, 5.74) is 2.74. The molecule has 0 spiro atoms. The van der Waals surface area contributed by atoms with E-state index in [4.69, 9.17) is 0 Å². The predicted octanol–water partition coefficient (Wildman–Crippen LogP) is 3.85. The molecule has 104 valence electrons. The van der Waals surface area contributed by atoms with Crippen molar-refractivity contribution in [2.45, 2.75) is 24.8 Å². The zero-order valence-electron chi connectivity index (χ0n) is 11.2. The Balaban J connectivity index is 1.77. The second kappa shape index (κ2) is 5.63. The highest BCUT2D eigenvalue weighted by molar-refractivity contribution is 5.47. The van der Waals surface area contributed by atoms with E-state index < -0.39 is 0 Å². The number of halogens is 1. The molecule has 1 aliphatic rings. The van der Waals surface area contributed by atoms with Gasteiger partial charge in [0.25, 0.3) is 0 Å². The number of aliphatic hydroxyl groups excluding tert-OH is 1. The molecule has 3 rings (SSSR count). The smallest absolute Gasteiger partial charge is 0.146 e. The fourth-order valence-electron chi connectivity index (χ4n) is 2.42. The average molecular weight is 271 g/mol. The fourth-order valence-corrected chi connectivity index (χ4v) is 2.42. The van der Waals surface area contributed by atoms with Crippen molar-refractivity contribution in [2.24, 2.45) is 0 Å². The summed E-state index contributed by atoms with van der Waals surface area (Å²) in [5, 5.41) is 12.6. The highest BCUT2D eigenvalue weighted by Gasteiger charge is 2.23. The van der Waals surface area contributed by atoms with Gasteiger partial charge in [-0.1, -0.05) is 36.4 Å². The van der Waals surface area contributed by atoms with Gasteiger partial charge >= 0.3 is 0 Å². The zero-order chi connectivity index (χ0) is 13.9. The number of hydrogen-bond donors (Lipinski definition) is 2. The molecule has 0 saturated heterocycles. The maximum Gasteiger partial charge on any atom is 0.146 e. The van der Waals surface area contributed by atoms with Crippen LogP contribution in [-0.4, -0.2) is 11.7 Å². The normalized spacial score (nSPS) is 15.9. The Morgan fingerprint density at radius 1 is 1.10 bits per heavy atom. The van der Waals surface area contributed by atoms with Crippen LogP contribution in [0.5, 0.6) is 0 Å². The van der Waals surface area contributed by atoms with Crippen molar-refractivity contribution < 1.29 is 9.50 Å². The fraction of sp³-hybridized carbons (Fsp3) is 0.294. The molecule has 2 nitrogen and oxygen atoms in total. The van der Waals surface area contributed by atoms with Crippen molar-refractivity contribution in [3.8, 4) is 0 Å². The Kier molecular flexibility index (Phi) is 3.70. The minimum absolute atomic E-state index is 0.0723. The number of aliphatic hydroxyl groups is 1. The van der Waals surface area contributed by atoms with Crippen LogP contribution >= 0.6 is 0 Å². The summed E-state index contributed by atoms with van der Waals surface area (Å²) in [6.45, 7) is -0.0723. The molecule has 0 amide bonds. The highest BCUT2D eigenvalue weighted by atomic mass is 19.1. The number of anilines is 1. The zero-order valence-corrected chi connectivity index (χ0v) is 11.2. The summed E-state index contributed by atoms with van der Waals surface area (Å²) < 4.78 is 13.6. The maximum atomic E-state index is 13.6. The van der Waals surface area contributed by atoms with Crippen LogP contribution in [0.25, 0.3) is 0 Å². The lowest BCUT2D eigenvalue weighted by molar-refractivity contribution is 0.276. The second-order valence-electron chi connectivity index (χ2n) is 5.30. The van der Waals surface area contributed by atoms with Crippen molar-refractivity contribution >= 4 is 5.69 Å². The number of nitrogens with one attached hydrogen (secondary N) is 1. The molecule has 0 heterocycles. The molecule has 2 aromatic rings. The third-order valence-electron chi connectivity index (χ3n) is 3.77. The molecule has 0 bridgehead atoms. The molecular weight excluding hydrogens is 253 g/mol. The van der Waals surface area contributed by atoms with Crippen molar-refractivity contribution in [2.75, 3.05) is 11.9 Å². The quantitative estimate of drug-likeness (QED) is 0.865. The Hall–Kier alpha value is -1.87. The van der Waals surface area contributed by atoms with Gasteiger partial charge in [-0.25, -0.2) is 4.39 Å². The highest BCUT2D eigenvalue weighted by Crippen LogP contribution is 2.40. The molecular formula is C17H18FNO. The van der Waals surface area contributed by atoms with Crippen molar-refractivity contribution in [1.29, 1.82) is 0 Å². The summed E-state index contributed by atoms with van der Waals surface area (Å²) >= 11 is 0. The van der Waals surface area contributed by atoms with E-state index in [0.717, 1.165) is 11.5 Å². The Bertz CT molecular complexity index is 578. The SMILES string of the molecule is OCC(Nc1ccccc1F)c1ccc(C2CC2)cc1. The molecule has 0 aromatic heterocycles. The van der Waals surface area contributed by atoms with Gasteiger partial charge in [-0.15, -0.1) is 0 Å². The van der Waals surface area contributed by atoms with Crippen LogP contribution in [0.1, 0.15) is 35.9 Å². The van der Waals surface area contributed by atoms with Gasteiger partial charge in [0.1, 0.15) is 5.82 Å². The molecule has 2 N–H and O–H groups in total. The van der Waals surface area contributed by atoms with E-state index in [9.17, 15) is 9.50 Å². The molecule has 1 atom stereocenters. The van der Waals surface area contributed by atoms with Crippen molar-refractivity contribution in [3.05, 3.63) is 65.5 Å². The van der Waals surface area contributed by atoms with Crippen molar-refractivity contribution in [1.82, 2.24) is 0 Å². The summed E-state index contributed by atoms with van der Waals surface area (Å²) in [5.74, 6) is 0.414. The minimum Gasteiger partial charge on any atom is -0.394 e. The second-order valence-corrected chi connectivity index (χ2v) is 5.30. The van der Waals surface area contributed by atoms with Gasteiger partial charge in [-0.05, 0) is 42.0 Å². The summed E-state index contributed by atoms with van der Waals surface area (Å²) in [6.07, 6.45) is 2.55.